The first kappa shape index (κ1) is 14.0. The third-order valence-corrected chi connectivity index (χ3v) is 2.81. The molecule has 2 rings (SSSR count). The third kappa shape index (κ3) is 3.55. The lowest BCUT2D eigenvalue weighted by Crippen LogP contribution is -2.29. The molecule has 0 aliphatic carbocycles. The third-order valence-electron chi connectivity index (χ3n) is 2.57. The molecule has 0 spiro atoms. The number of carbonyl (C=O) groups excluding carboxylic acids is 2. The molecular weight excluding hydrogens is 278 g/mol. The summed E-state index contributed by atoms with van der Waals surface area (Å²) in [7, 11) is 0. The number of rotatable bonds is 2. The molecule has 0 fully saturated rings. The van der Waals surface area contributed by atoms with Crippen LogP contribution in [0.25, 0.3) is 0 Å². The molecule has 102 valence electrons. The van der Waals surface area contributed by atoms with E-state index in [4.69, 9.17) is 11.6 Å². The average molecular weight is 290 g/mol. The molecule has 0 radical (unpaired) electrons. The molecule has 0 unspecified atom stereocenters. The average Bonchev–Trinajstić information content (AvgIpc) is 2.44. The maximum Gasteiger partial charge on any atom is 0.314 e. The molecule has 0 bridgehead atoms. The lowest BCUT2D eigenvalue weighted by molar-refractivity contribution is -0.133. The van der Waals surface area contributed by atoms with Crippen molar-refractivity contribution in [2.24, 2.45) is 0 Å². The van der Waals surface area contributed by atoms with Gasteiger partial charge in [-0.2, -0.15) is 0 Å². The normalized spacial score (nSPS) is 9.90. The van der Waals surface area contributed by atoms with Crippen LogP contribution in [0.4, 0.5) is 11.4 Å². The van der Waals surface area contributed by atoms with Crippen LogP contribution in [0.3, 0.4) is 0 Å². The van der Waals surface area contributed by atoms with Gasteiger partial charge in [-0.1, -0.05) is 17.7 Å². The zero-order valence-electron chi connectivity index (χ0n) is 10.7. The summed E-state index contributed by atoms with van der Waals surface area (Å²) in [5.41, 5.74) is 1.77. The summed E-state index contributed by atoms with van der Waals surface area (Å²) in [5, 5.41) is 5.45. The number of aromatic nitrogens is 1. The summed E-state index contributed by atoms with van der Waals surface area (Å²) < 4.78 is 0. The summed E-state index contributed by atoms with van der Waals surface area (Å²) >= 11 is 5.85. The highest BCUT2D eigenvalue weighted by molar-refractivity contribution is 6.43. The van der Waals surface area contributed by atoms with Crippen molar-refractivity contribution in [3.05, 3.63) is 53.3 Å². The summed E-state index contributed by atoms with van der Waals surface area (Å²) in [5.74, 6) is -1.53. The summed E-state index contributed by atoms with van der Waals surface area (Å²) in [6.07, 6.45) is 3.03. The molecule has 0 saturated carbocycles. The lowest BCUT2D eigenvalue weighted by Gasteiger charge is -2.09. The van der Waals surface area contributed by atoms with Gasteiger partial charge in [-0.3, -0.25) is 14.6 Å². The molecule has 1 aromatic carbocycles. The number of nitrogens with zero attached hydrogens (tertiary/aromatic N) is 1. The monoisotopic (exact) mass is 289 g/mol. The van der Waals surface area contributed by atoms with Crippen molar-refractivity contribution in [2.45, 2.75) is 6.92 Å². The van der Waals surface area contributed by atoms with Crippen molar-refractivity contribution in [3.63, 3.8) is 0 Å². The van der Waals surface area contributed by atoms with Gasteiger partial charge in [0.15, 0.2) is 0 Å². The van der Waals surface area contributed by atoms with Crippen LogP contribution in [0.15, 0.2) is 42.7 Å². The molecule has 0 atom stereocenters. The van der Waals surface area contributed by atoms with Gasteiger partial charge in [-0.25, -0.2) is 0 Å². The summed E-state index contributed by atoms with van der Waals surface area (Å²) in [6.45, 7) is 1.81. The number of pyridine rings is 1. The van der Waals surface area contributed by atoms with E-state index in [1.54, 1.807) is 36.5 Å². The highest BCUT2D eigenvalue weighted by Crippen LogP contribution is 2.20. The predicted octanol–water partition coefficient (Wildman–Crippen LogP) is 2.62. The second kappa shape index (κ2) is 6.16. The zero-order valence-corrected chi connectivity index (χ0v) is 11.4. The Labute approximate surface area is 121 Å². The Kier molecular flexibility index (Phi) is 4.32. The van der Waals surface area contributed by atoms with Crippen LogP contribution in [0.2, 0.25) is 5.02 Å². The minimum absolute atomic E-state index is 0.454. The van der Waals surface area contributed by atoms with E-state index >= 15 is 0 Å². The number of anilines is 2. The van der Waals surface area contributed by atoms with Gasteiger partial charge in [0.1, 0.15) is 0 Å². The van der Waals surface area contributed by atoms with Crippen LogP contribution >= 0.6 is 11.6 Å². The number of aryl methyl sites for hydroxylation is 1. The van der Waals surface area contributed by atoms with Crippen LogP contribution in [0.5, 0.6) is 0 Å². The number of benzene rings is 1. The van der Waals surface area contributed by atoms with Crippen molar-refractivity contribution in [2.75, 3.05) is 10.6 Å². The Morgan fingerprint density at radius 3 is 2.60 bits per heavy atom. The largest absolute Gasteiger partial charge is 0.317 e. The van der Waals surface area contributed by atoms with Crippen molar-refractivity contribution >= 4 is 34.8 Å². The van der Waals surface area contributed by atoms with Crippen LogP contribution in [-0.4, -0.2) is 16.8 Å². The molecule has 6 heteroatoms. The second-order valence-electron chi connectivity index (χ2n) is 4.11. The van der Waals surface area contributed by atoms with Gasteiger partial charge in [0.25, 0.3) is 0 Å². The van der Waals surface area contributed by atoms with Crippen molar-refractivity contribution in [3.8, 4) is 0 Å². The lowest BCUT2D eigenvalue weighted by atomic mass is 10.2. The number of amides is 2. The maximum atomic E-state index is 11.8. The molecule has 1 heterocycles. The Morgan fingerprint density at radius 1 is 1.15 bits per heavy atom. The number of hydrogen-bond donors (Lipinski definition) is 2. The topological polar surface area (TPSA) is 71.1 Å². The van der Waals surface area contributed by atoms with Crippen LogP contribution < -0.4 is 10.6 Å². The Balaban J connectivity index is 2.04. The van der Waals surface area contributed by atoms with Crippen LogP contribution in [0.1, 0.15) is 5.56 Å². The molecule has 1 aromatic heterocycles. The molecular formula is C14H12ClN3O2. The van der Waals surface area contributed by atoms with Gasteiger partial charge in [-0.15, -0.1) is 0 Å². The first-order chi connectivity index (χ1) is 9.56. The van der Waals surface area contributed by atoms with Crippen LogP contribution in [-0.2, 0) is 9.59 Å². The number of halogens is 1. The predicted molar refractivity (Wildman–Crippen MR) is 77.7 cm³/mol. The van der Waals surface area contributed by atoms with E-state index in [0.717, 1.165) is 5.56 Å². The van der Waals surface area contributed by atoms with E-state index in [0.29, 0.717) is 16.4 Å². The van der Waals surface area contributed by atoms with E-state index in [1.165, 1.54) is 6.20 Å². The molecule has 0 aliphatic rings. The first-order valence-corrected chi connectivity index (χ1v) is 6.22. The van der Waals surface area contributed by atoms with Gasteiger partial charge < -0.3 is 10.6 Å². The SMILES string of the molecule is Cc1ccc(Cl)cc1NC(=O)C(=O)Nc1cccnc1. The molecule has 0 saturated heterocycles. The quantitative estimate of drug-likeness (QED) is 0.835. The van der Waals surface area contributed by atoms with E-state index in [-0.39, 0.29) is 0 Å². The zero-order chi connectivity index (χ0) is 14.5. The molecule has 5 nitrogen and oxygen atoms in total. The Bertz CT molecular complexity index is 644. The number of hydrogen-bond acceptors (Lipinski definition) is 3. The Hall–Kier alpha value is -2.40. The molecule has 2 amide bonds. The van der Waals surface area contributed by atoms with E-state index in [2.05, 4.69) is 15.6 Å². The molecule has 2 aromatic rings. The van der Waals surface area contributed by atoms with E-state index < -0.39 is 11.8 Å². The number of carbonyl (C=O) groups is 2. The van der Waals surface area contributed by atoms with E-state index in [1.807, 2.05) is 6.92 Å². The minimum Gasteiger partial charge on any atom is -0.317 e. The van der Waals surface area contributed by atoms with Gasteiger partial charge in [0, 0.05) is 16.9 Å². The van der Waals surface area contributed by atoms with Crippen molar-refractivity contribution in [1.29, 1.82) is 0 Å². The first-order valence-electron chi connectivity index (χ1n) is 5.85. The smallest absolute Gasteiger partial charge is 0.314 e. The van der Waals surface area contributed by atoms with E-state index in [9.17, 15) is 9.59 Å². The second-order valence-corrected chi connectivity index (χ2v) is 4.55. The standard InChI is InChI=1S/C14H12ClN3O2/c1-9-4-5-10(15)7-12(9)18-14(20)13(19)17-11-3-2-6-16-8-11/h2-8H,1H3,(H,17,19)(H,18,20). The van der Waals surface area contributed by atoms with Gasteiger partial charge in [0.2, 0.25) is 0 Å². The van der Waals surface area contributed by atoms with Crippen molar-refractivity contribution in [1.82, 2.24) is 4.98 Å². The fraction of sp³-hybridized carbons (Fsp3) is 0.0714. The van der Waals surface area contributed by atoms with Crippen LogP contribution in [0, 0.1) is 6.92 Å². The van der Waals surface area contributed by atoms with Gasteiger partial charge >= 0.3 is 11.8 Å². The fourth-order valence-electron chi connectivity index (χ4n) is 1.53. The molecule has 2 N–H and O–H groups in total. The fourth-order valence-corrected chi connectivity index (χ4v) is 1.70. The molecule has 0 aliphatic heterocycles. The maximum absolute atomic E-state index is 11.8. The Morgan fingerprint density at radius 2 is 1.90 bits per heavy atom. The minimum atomic E-state index is -0.766. The molecule has 20 heavy (non-hydrogen) atoms. The highest BCUT2D eigenvalue weighted by Gasteiger charge is 2.15. The van der Waals surface area contributed by atoms with Gasteiger partial charge in [0.05, 0.1) is 11.9 Å². The highest BCUT2D eigenvalue weighted by atomic mass is 35.5. The number of nitrogens with one attached hydrogen (secondary N) is 2. The van der Waals surface area contributed by atoms with Gasteiger partial charge in [-0.05, 0) is 36.8 Å². The summed E-state index contributed by atoms with van der Waals surface area (Å²) in [6, 6.07) is 8.36. The summed E-state index contributed by atoms with van der Waals surface area (Å²) in [4.78, 5) is 27.4. The van der Waals surface area contributed by atoms with Crippen molar-refractivity contribution < 1.29 is 9.59 Å².